The predicted octanol–water partition coefficient (Wildman–Crippen LogP) is 3.66. The Labute approximate surface area is 213 Å². The summed E-state index contributed by atoms with van der Waals surface area (Å²) in [6.07, 6.45) is 2.99. The number of fused-ring (bicyclic) bond motifs is 1. The molecule has 1 N–H and O–H groups in total. The molecule has 1 fully saturated rings. The van der Waals surface area contributed by atoms with Gasteiger partial charge in [-0.1, -0.05) is 43.3 Å². The number of hydrogen-bond acceptors (Lipinski definition) is 5. The lowest BCUT2D eigenvalue weighted by Crippen LogP contribution is -2.43. The van der Waals surface area contributed by atoms with Crippen LogP contribution in [0.4, 0.5) is 0 Å². The van der Waals surface area contributed by atoms with E-state index in [4.69, 9.17) is 9.84 Å². The van der Waals surface area contributed by atoms with Crippen molar-refractivity contribution in [2.75, 3.05) is 26.7 Å². The molecule has 0 radical (unpaired) electrons. The minimum atomic E-state index is -0.458. The molecule has 0 saturated carbocycles. The number of ether oxygens (including phenoxy) is 1. The molecule has 1 amide bonds. The van der Waals surface area contributed by atoms with E-state index in [9.17, 15) is 9.90 Å². The van der Waals surface area contributed by atoms with Crippen molar-refractivity contribution in [3.05, 3.63) is 82.2 Å². The molecule has 2 aromatic carbocycles. The van der Waals surface area contributed by atoms with E-state index in [-0.39, 0.29) is 5.91 Å². The van der Waals surface area contributed by atoms with Crippen LogP contribution in [0.2, 0.25) is 0 Å². The van der Waals surface area contributed by atoms with Gasteiger partial charge in [0, 0.05) is 50.4 Å². The van der Waals surface area contributed by atoms with E-state index in [1.54, 1.807) is 12.0 Å². The number of piperidine rings is 1. The van der Waals surface area contributed by atoms with Crippen molar-refractivity contribution in [1.29, 1.82) is 0 Å². The van der Waals surface area contributed by atoms with Crippen molar-refractivity contribution >= 4 is 5.91 Å². The molecule has 1 aromatic heterocycles. The summed E-state index contributed by atoms with van der Waals surface area (Å²) in [5, 5.41) is 15.1. The number of hydrogen-bond donors (Lipinski definition) is 1. The lowest BCUT2D eigenvalue weighted by atomic mass is 10.0. The smallest absolute Gasteiger partial charge is 0.274 e. The highest BCUT2D eigenvalue weighted by atomic mass is 16.5. The minimum absolute atomic E-state index is 0.0662. The van der Waals surface area contributed by atoms with Crippen LogP contribution >= 0.6 is 0 Å². The van der Waals surface area contributed by atoms with Gasteiger partial charge < -0.3 is 14.7 Å². The zero-order chi connectivity index (χ0) is 25.1. The first-order chi connectivity index (χ1) is 17.5. The highest BCUT2D eigenvalue weighted by molar-refractivity contribution is 5.94. The van der Waals surface area contributed by atoms with Gasteiger partial charge in [-0.25, -0.2) is 0 Å². The molecule has 1 saturated heterocycles. The third-order valence-corrected chi connectivity index (χ3v) is 7.40. The number of aliphatic hydroxyl groups excluding tert-OH is 1. The van der Waals surface area contributed by atoms with Gasteiger partial charge in [0.25, 0.3) is 5.91 Å². The van der Waals surface area contributed by atoms with Crippen molar-refractivity contribution < 1.29 is 14.6 Å². The lowest BCUT2D eigenvalue weighted by molar-refractivity contribution is 0.0466. The zero-order valence-electron chi connectivity index (χ0n) is 21.3. The number of β-amino-alcohol motifs (C(OH)–C–C–N with tert-alkyl or cyclic N) is 1. The lowest BCUT2D eigenvalue weighted by Gasteiger charge is -2.31. The second-order valence-electron chi connectivity index (χ2n) is 9.96. The molecular formula is C29H36N4O3. The molecule has 0 bridgehead atoms. The van der Waals surface area contributed by atoms with Gasteiger partial charge in [0.2, 0.25) is 0 Å². The van der Waals surface area contributed by atoms with E-state index in [0.717, 1.165) is 61.3 Å². The van der Waals surface area contributed by atoms with Gasteiger partial charge in [-0.3, -0.25) is 14.4 Å². The number of likely N-dealkylation sites (tertiary alicyclic amines) is 1. The highest BCUT2D eigenvalue weighted by Crippen LogP contribution is 2.27. The number of methoxy groups -OCH3 is 1. The number of carbonyl (C=O) groups is 1. The number of nitrogens with zero attached hydrogens (tertiary/aromatic N) is 4. The summed E-state index contributed by atoms with van der Waals surface area (Å²) in [6.45, 7) is 6.27. The summed E-state index contributed by atoms with van der Waals surface area (Å²) in [5.41, 5.74) is 6.41. The molecule has 2 aliphatic rings. The summed E-state index contributed by atoms with van der Waals surface area (Å²) >= 11 is 0. The zero-order valence-corrected chi connectivity index (χ0v) is 21.3. The van der Waals surface area contributed by atoms with E-state index >= 15 is 0 Å². The standard InChI is InChI=1S/C29H36N4O3/c1-3-21-9-11-22(12-10-21)17-31-15-13-27-26(20-31)28(29(35)32-14-5-7-24(34)19-32)30-33(27)18-23-6-4-8-25(16-23)36-2/h4,6,8-12,16,24,34H,3,5,7,13-15,17-20H2,1-2H3. The molecule has 5 rings (SSSR count). The van der Waals surface area contributed by atoms with Crippen LogP contribution in [-0.4, -0.2) is 63.4 Å². The Balaban J connectivity index is 1.43. The fourth-order valence-corrected chi connectivity index (χ4v) is 5.36. The number of carbonyl (C=O) groups excluding carboxylic acids is 1. The SMILES string of the molecule is CCc1ccc(CN2CCc3c(c(C(=O)N4CCCC(O)C4)nn3Cc3cccc(OC)c3)C2)cc1. The number of aryl methyl sites for hydroxylation is 1. The molecular weight excluding hydrogens is 452 g/mol. The summed E-state index contributed by atoms with van der Waals surface area (Å²) in [5.74, 6) is 0.746. The van der Waals surface area contributed by atoms with Gasteiger partial charge in [-0.15, -0.1) is 0 Å². The van der Waals surface area contributed by atoms with Crippen LogP contribution in [0.5, 0.6) is 5.75 Å². The Morgan fingerprint density at radius 1 is 1.08 bits per heavy atom. The summed E-state index contributed by atoms with van der Waals surface area (Å²) in [6, 6.07) is 16.8. The Hall–Kier alpha value is -3.16. The Morgan fingerprint density at radius 2 is 1.89 bits per heavy atom. The van der Waals surface area contributed by atoms with Crippen LogP contribution in [0.15, 0.2) is 48.5 Å². The number of aromatic nitrogens is 2. The molecule has 7 nitrogen and oxygen atoms in total. The van der Waals surface area contributed by atoms with E-state index in [2.05, 4.69) is 42.2 Å². The van der Waals surface area contributed by atoms with Crippen LogP contribution in [0, 0.1) is 0 Å². The maximum atomic E-state index is 13.6. The molecule has 36 heavy (non-hydrogen) atoms. The Morgan fingerprint density at radius 3 is 2.64 bits per heavy atom. The third kappa shape index (κ3) is 5.32. The van der Waals surface area contributed by atoms with E-state index < -0.39 is 6.10 Å². The largest absolute Gasteiger partial charge is 0.497 e. The molecule has 3 aromatic rings. The van der Waals surface area contributed by atoms with Crippen LogP contribution in [0.1, 0.15) is 58.2 Å². The maximum Gasteiger partial charge on any atom is 0.274 e. The van der Waals surface area contributed by atoms with E-state index in [1.807, 2.05) is 22.9 Å². The topological polar surface area (TPSA) is 70.8 Å². The van der Waals surface area contributed by atoms with E-state index in [0.29, 0.717) is 31.9 Å². The molecule has 3 heterocycles. The second kappa shape index (κ2) is 10.8. The molecule has 1 unspecified atom stereocenters. The number of rotatable bonds is 7. The molecule has 0 aliphatic carbocycles. The van der Waals surface area contributed by atoms with Gasteiger partial charge in [-0.05, 0) is 48.1 Å². The first-order valence-corrected chi connectivity index (χ1v) is 13.0. The van der Waals surface area contributed by atoms with Crippen molar-refractivity contribution in [2.45, 2.75) is 58.3 Å². The van der Waals surface area contributed by atoms with Crippen molar-refractivity contribution in [3.63, 3.8) is 0 Å². The number of benzene rings is 2. The van der Waals surface area contributed by atoms with E-state index in [1.165, 1.54) is 11.1 Å². The minimum Gasteiger partial charge on any atom is -0.497 e. The predicted molar refractivity (Wildman–Crippen MR) is 139 cm³/mol. The van der Waals surface area contributed by atoms with Crippen LogP contribution in [0.3, 0.4) is 0 Å². The maximum absolute atomic E-state index is 13.6. The van der Waals surface area contributed by atoms with Gasteiger partial charge >= 0.3 is 0 Å². The molecule has 7 heteroatoms. The second-order valence-corrected chi connectivity index (χ2v) is 9.96. The van der Waals surface area contributed by atoms with Crippen molar-refractivity contribution in [1.82, 2.24) is 19.6 Å². The molecule has 0 spiro atoms. The Bertz CT molecular complexity index is 1200. The van der Waals surface area contributed by atoms with Gasteiger partial charge in [-0.2, -0.15) is 5.10 Å². The molecule has 190 valence electrons. The first kappa shape index (κ1) is 24.5. The normalized spacial score (nSPS) is 18.2. The van der Waals surface area contributed by atoms with Gasteiger partial charge in [0.1, 0.15) is 5.75 Å². The number of aliphatic hydroxyl groups is 1. The first-order valence-electron chi connectivity index (χ1n) is 13.0. The van der Waals surface area contributed by atoms with Crippen molar-refractivity contribution in [2.24, 2.45) is 0 Å². The fraction of sp³-hybridized carbons (Fsp3) is 0.448. The average Bonchev–Trinajstić information content (AvgIpc) is 3.26. The van der Waals surface area contributed by atoms with Gasteiger partial charge in [0.15, 0.2) is 5.69 Å². The quantitative estimate of drug-likeness (QED) is 0.550. The van der Waals surface area contributed by atoms with Crippen molar-refractivity contribution in [3.8, 4) is 5.75 Å². The summed E-state index contributed by atoms with van der Waals surface area (Å²) in [4.78, 5) is 17.8. The summed E-state index contributed by atoms with van der Waals surface area (Å²) < 4.78 is 7.41. The van der Waals surface area contributed by atoms with Gasteiger partial charge in [0.05, 0.1) is 19.8 Å². The molecule has 2 aliphatic heterocycles. The van der Waals surface area contributed by atoms with Crippen LogP contribution in [0.25, 0.3) is 0 Å². The van der Waals surface area contributed by atoms with Crippen LogP contribution < -0.4 is 4.74 Å². The monoisotopic (exact) mass is 488 g/mol. The number of amides is 1. The third-order valence-electron chi connectivity index (χ3n) is 7.40. The summed E-state index contributed by atoms with van der Waals surface area (Å²) in [7, 11) is 1.67. The Kier molecular flexibility index (Phi) is 7.39. The van der Waals surface area contributed by atoms with Crippen LogP contribution in [-0.2, 0) is 32.5 Å². The fourth-order valence-electron chi connectivity index (χ4n) is 5.36. The highest BCUT2D eigenvalue weighted by Gasteiger charge is 2.32. The average molecular weight is 489 g/mol. The molecule has 1 atom stereocenters.